The van der Waals surface area contributed by atoms with Gasteiger partial charge < -0.3 is 9.52 Å². The first-order valence-electron chi connectivity index (χ1n) is 6.40. The Morgan fingerprint density at radius 2 is 2.05 bits per heavy atom. The molecule has 0 saturated carbocycles. The first-order valence-corrected chi connectivity index (χ1v) is 6.40. The molecule has 6 nitrogen and oxygen atoms in total. The number of aromatic nitrogens is 3. The summed E-state index contributed by atoms with van der Waals surface area (Å²) in [6.45, 7) is 3.60. The van der Waals surface area contributed by atoms with Crippen molar-refractivity contribution in [2.75, 3.05) is 0 Å². The normalized spacial score (nSPS) is 11.7. The Bertz CT molecular complexity index is 711. The third-order valence-electron chi connectivity index (χ3n) is 2.83. The van der Waals surface area contributed by atoms with Gasteiger partial charge in [0.15, 0.2) is 18.0 Å². The van der Waals surface area contributed by atoms with Crippen molar-refractivity contribution in [3.05, 3.63) is 41.1 Å². The summed E-state index contributed by atoms with van der Waals surface area (Å²) < 4.78 is 29.9. The molecule has 116 valence electrons. The van der Waals surface area contributed by atoms with E-state index in [4.69, 9.17) is 5.11 Å². The van der Waals surface area contributed by atoms with E-state index < -0.39 is 18.2 Å². The van der Waals surface area contributed by atoms with Crippen molar-refractivity contribution < 1.29 is 23.1 Å². The molecule has 0 aliphatic rings. The third-order valence-corrected chi connectivity index (χ3v) is 2.83. The molecule has 2 aromatic rings. The van der Waals surface area contributed by atoms with Crippen LogP contribution < -0.4 is 0 Å². The number of carboxylic acids is 1. The number of carboxylic acid groups (broad SMARTS) is 1. The van der Waals surface area contributed by atoms with Crippen molar-refractivity contribution >= 4 is 18.1 Å². The molecule has 2 aromatic heterocycles. The fourth-order valence-corrected chi connectivity index (χ4v) is 1.80. The summed E-state index contributed by atoms with van der Waals surface area (Å²) >= 11 is 0. The Labute approximate surface area is 124 Å². The average Bonchev–Trinajstić information content (AvgIpc) is 2.93. The zero-order chi connectivity index (χ0) is 16.3. The molecule has 0 radical (unpaired) electrons. The highest BCUT2D eigenvalue weighted by Crippen LogP contribution is 2.23. The quantitative estimate of drug-likeness (QED) is 0.910. The van der Waals surface area contributed by atoms with Crippen molar-refractivity contribution in [2.24, 2.45) is 0 Å². The van der Waals surface area contributed by atoms with Gasteiger partial charge in [-0.15, -0.1) is 0 Å². The van der Waals surface area contributed by atoms with Crippen LogP contribution in [0.3, 0.4) is 0 Å². The molecule has 0 bridgehead atoms. The number of alkyl halides is 2. The van der Waals surface area contributed by atoms with E-state index in [0.29, 0.717) is 5.69 Å². The third kappa shape index (κ3) is 3.33. The highest BCUT2D eigenvalue weighted by atomic mass is 19.3. The van der Waals surface area contributed by atoms with Crippen LogP contribution in [0.1, 0.15) is 59.5 Å². The van der Waals surface area contributed by atoms with Crippen molar-refractivity contribution in [1.29, 1.82) is 0 Å². The number of rotatable bonds is 5. The molecule has 1 N–H and O–H groups in total. The van der Waals surface area contributed by atoms with Crippen LogP contribution in [0.4, 0.5) is 8.78 Å². The molecule has 0 aliphatic carbocycles. The molecule has 0 saturated heterocycles. The van der Waals surface area contributed by atoms with E-state index >= 15 is 0 Å². The summed E-state index contributed by atoms with van der Waals surface area (Å²) in [4.78, 5) is 22.8. The SMILES string of the molecule is CC(C)c1nc(/C=C/c2ncoc2C(F)F)ncc1C(=O)O. The number of carbonyl (C=O) groups is 1. The van der Waals surface area contributed by atoms with Crippen LogP contribution in [0.15, 0.2) is 17.0 Å². The van der Waals surface area contributed by atoms with Crippen LogP contribution in [0.5, 0.6) is 0 Å². The number of halogens is 2. The first kappa shape index (κ1) is 15.7. The Morgan fingerprint density at radius 1 is 1.32 bits per heavy atom. The first-order chi connectivity index (χ1) is 10.4. The Kier molecular flexibility index (Phi) is 4.59. The zero-order valence-electron chi connectivity index (χ0n) is 11.8. The summed E-state index contributed by atoms with van der Waals surface area (Å²) in [5.41, 5.74) is 0.366. The molecule has 2 rings (SSSR count). The minimum atomic E-state index is -2.77. The van der Waals surface area contributed by atoms with Crippen LogP contribution in [0.25, 0.3) is 12.2 Å². The second kappa shape index (κ2) is 6.42. The lowest BCUT2D eigenvalue weighted by molar-refractivity contribution is 0.0694. The van der Waals surface area contributed by atoms with E-state index in [1.807, 2.05) is 0 Å². The smallest absolute Gasteiger partial charge is 0.339 e. The molecule has 0 aliphatic heterocycles. The van der Waals surface area contributed by atoms with Crippen LogP contribution in [-0.2, 0) is 0 Å². The number of oxazole rings is 1. The van der Waals surface area contributed by atoms with E-state index in [1.165, 1.54) is 18.3 Å². The number of hydrogen-bond donors (Lipinski definition) is 1. The van der Waals surface area contributed by atoms with Gasteiger partial charge in [-0.05, 0) is 18.1 Å². The second-order valence-corrected chi connectivity index (χ2v) is 4.72. The molecule has 8 heteroatoms. The topological polar surface area (TPSA) is 89.1 Å². The summed E-state index contributed by atoms with van der Waals surface area (Å²) in [5.74, 6) is -1.57. The van der Waals surface area contributed by atoms with Gasteiger partial charge in [0.2, 0.25) is 0 Å². The molecule has 0 amide bonds. The molecular weight excluding hydrogens is 296 g/mol. The van der Waals surface area contributed by atoms with Crippen LogP contribution in [0, 0.1) is 0 Å². The Balaban J connectivity index is 2.34. The van der Waals surface area contributed by atoms with Gasteiger partial charge in [0, 0.05) is 6.20 Å². The molecule has 0 unspecified atom stereocenters. The molecule has 0 atom stereocenters. The molecule has 0 spiro atoms. The van der Waals surface area contributed by atoms with E-state index in [0.717, 1.165) is 6.39 Å². The number of nitrogens with zero attached hydrogens (tertiary/aromatic N) is 3. The molecular formula is C14H13F2N3O3. The van der Waals surface area contributed by atoms with Crippen molar-refractivity contribution in [3.8, 4) is 0 Å². The van der Waals surface area contributed by atoms with Crippen LogP contribution in [-0.4, -0.2) is 26.0 Å². The molecule has 0 aromatic carbocycles. The Hall–Kier alpha value is -2.64. The fourth-order valence-electron chi connectivity index (χ4n) is 1.80. The van der Waals surface area contributed by atoms with Gasteiger partial charge in [-0.2, -0.15) is 0 Å². The van der Waals surface area contributed by atoms with E-state index in [1.54, 1.807) is 13.8 Å². The van der Waals surface area contributed by atoms with Crippen molar-refractivity contribution in [3.63, 3.8) is 0 Å². The lowest BCUT2D eigenvalue weighted by Gasteiger charge is -2.08. The van der Waals surface area contributed by atoms with Gasteiger partial charge in [-0.25, -0.2) is 28.5 Å². The summed E-state index contributed by atoms with van der Waals surface area (Å²) in [7, 11) is 0. The standard InChI is InChI=1S/C14H13F2N3O3/c1-7(2)11-8(14(20)21)5-17-10(19-11)4-3-9-12(13(15)16)22-6-18-9/h3-7,13H,1-2H3,(H,20,21)/b4-3+. The van der Waals surface area contributed by atoms with E-state index in [-0.39, 0.29) is 23.0 Å². The number of hydrogen-bond acceptors (Lipinski definition) is 5. The molecule has 22 heavy (non-hydrogen) atoms. The summed E-state index contributed by atoms with van der Waals surface area (Å²) in [6, 6.07) is 0. The average molecular weight is 309 g/mol. The maximum atomic E-state index is 12.6. The molecule has 0 fully saturated rings. The minimum absolute atomic E-state index is 0.0156. The van der Waals surface area contributed by atoms with Crippen LogP contribution >= 0.6 is 0 Å². The van der Waals surface area contributed by atoms with Crippen LogP contribution in [0.2, 0.25) is 0 Å². The van der Waals surface area contributed by atoms with Gasteiger partial charge >= 0.3 is 5.97 Å². The van der Waals surface area contributed by atoms with Gasteiger partial charge in [0.1, 0.15) is 5.69 Å². The predicted molar refractivity (Wildman–Crippen MR) is 73.5 cm³/mol. The lowest BCUT2D eigenvalue weighted by atomic mass is 10.1. The predicted octanol–water partition coefficient (Wildman–Crippen LogP) is 3.39. The number of aromatic carboxylic acids is 1. The lowest BCUT2D eigenvalue weighted by Crippen LogP contribution is -2.08. The fraction of sp³-hybridized carbons (Fsp3) is 0.286. The largest absolute Gasteiger partial charge is 0.478 e. The van der Waals surface area contributed by atoms with Crippen molar-refractivity contribution in [1.82, 2.24) is 15.0 Å². The molecule has 2 heterocycles. The second-order valence-electron chi connectivity index (χ2n) is 4.72. The van der Waals surface area contributed by atoms with Gasteiger partial charge in [0.25, 0.3) is 6.43 Å². The Morgan fingerprint density at radius 3 is 2.64 bits per heavy atom. The summed E-state index contributed by atoms with van der Waals surface area (Å²) in [5, 5.41) is 9.08. The van der Waals surface area contributed by atoms with Gasteiger partial charge in [-0.1, -0.05) is 13.8 Å². The van der Waals surface area contributed by atoms with Gasteiger partial charge in [0.05, 0.1) is 11.3 Å². The maximum absolute atomic E-state index is 12.6. The summed E-state index contributed by atoms with van der Waals surface area (Å²) in [6.07, 6.45) is 2.02. The van der Waals surface area contributed by atoms with Crippen molar-refractivity contribution in [2.45, 2.75) is 26.2 Å². The van der Waals surface area contributed by atoms with E-state index in [9.17, 15) is 13.6 Å². The van der Waals surface area contributed by atoms with Gasteiger partial charge in [-0.3, -0.25) is 0 Å². The van der Waals surface area contributed by atoms with E-state index in [2.05, 4.69) is 19.4 Å². The monoisotopic (exact) mass is 309 g/mol. The maximum Gasteiger partial charge on any atom is 0.339 e. The minimum Gasteiger partial charge on any atom is -0.478 e. The highest BCUT2D eigenvalue weighted by Gasteiger charge is 2.17. The zero-order valence-corrected chi connectivity index (χ0v) is 11.8. The highest BCUT2D eigenvalue weighted by molar-refractivity contribution is 5.88.